The van der Waals surface area contributed by atoms with Gasteiger partial charge in [-0.15, -0.1) is 0 Å². The maximum absolute atomic E-state index is 13.3. The molecule has 0 spiro atoms. The number of ether oxygens (including phenoxy) is 2. The quantitative estimate of drug-likeness (QED) is 0.386. The van der Waals surface area contributed by atoms with E-state index in [4.69, 9.17) is 21.1 Å². The van der Waals surface area contributed by atoms with Crippen molar-refractivity contribution in [2.45, 2.75) is 58.1 Å². The van der Waals surface area contributed by atoms with Crippen LogP contribution >= 0.6 is 11.6 Å². The Balaban J connectivity index is 2.12. The summed E-state index contributed by atoms with van der Waals surface area (Å²) in [5.41, 5.74) is 3.02. The number of benzene rings is 3. The van der Waals surface area contributed by atoms with Crippen LogP contribution in [0.2, 0.25) is 5.02 Å². The van der Waals surface area contributed by atoms with Crippen LogP contribution in [0, 0.1) is 20.8 Å². The number of hydrogen-bond donors (Lipinski definition) is 2. The second-order valence-corrected chi connectivity index (χ2v) is 11.9. The molecule has 190 valence electrons. The van der Waals surface area contributed by atoms with Crippen molar-refractivity contribution in [3.05, 3.63) is 69.7 Å². The van der Waals surface area contributed by atoms with E-state index in [1.54, 1.807) is 40.7 Å². The first kappa shape index (κ1) is 26.0. The van der Waals surface area contributed by atoms with Gasteiger partial charge >= 0.3 is 5.97 Å². The zero-order chi connectivity index (χ0) is 26.6. The first-order chi connectivity index (χ1) is 16.7. The van der Waals surface area contributed by atoms with Gasteiger partial charge in [-0.1, -0.05) is 47.5 Å². The van der Waals surface area contributed by atoms with Crippen molar-refractivity contribution in [2.24, 2.45) is 0 Å². The Hall–Kier alpha value is -3.07. The number of anilines is 1. The fourth-order valence-electron chi connectivity index (χ4n) is 4.34. The number of halogens is 1. The molecule has 3 aromatic rings. The van der Waals surface area contributed by atoms with Crippen molar-refractivity contribution >= 4 is 33.3 Å². The average molecular weight is 530 g/mol. The van der Waals surface area contributed by atoms with Crippen LogP contribution in [-0.2, 0) is 19.6 Å². The molecule has 0 bridgehead atoms. The van der Waals surface area contributed by atoms with E-state index in [0.29, 0.717) is 22.3 Å². The summed E-state index contributed by atoms with van der Waals surface area (Å²) in [7, 11) is -4.08. The maximum Gasteiger partial charge on any atom is 0.337 e. The molecular weight excluding hydrogens is 502 g/mol. The van der Waals surface area contributed by atoms with Crippen molar-refractivity contribution in [3.63, 3.8) is 0 Å². The van der Waals surface area contributed by atoms with E-state index in [2.05, 4.69) is 4.72 Å². The highest BCUT2D eigenvalue weighted by atomic mass is 35.5. The molecule has 0 radical (unpaired) electrons. The van der Waals surface area contributed by atoms with Crippen molar-refractivity contribution in [1.29, 1.82) is 0 Å². The minimum Gasteiger partial charge on any atom is -0.479 e. The highest BCUT2D eigenvalue weighted by Gasteiger charge is 2.37. The third-order valence-electron chi connectivity index (χ3n) is 5.95. The number of para-hydroxylation sites is 1. The van der Waals surface area contributed by atoms with Crippen LogP contribution in [0.3, 0.4) is 0 Å². The topological polar surface area (TPSA) is 102 Å². The van der Waals surface area contributed by atoms with E-state index in [0.717, 1.165) is 11.1 Å². The summed E-state index contributed by atoms with van der Waals surface area (Å²) in [6.07, 6.45) is -1.37. The number of aryl methyl sites for hydroxylation is 1. The molecule has 4 rings (SSSR count). The zero-order valence-electron chi connectivity index (χ0n) is 20.9. The van der Waals surface area contributed by atoms with Gasteiger partial charge in [-0.3, -0.25) is 4.72 Å². The molecule has 0 amide bonds. The van der Waals surface area contributed by atoms with Gasteiger partial charge in [0, 0.05) is 11.1 Å². The van der Waals surface area contributed by atoms with Crippen molar-refractivity contribution in [3.8, 4) is 22.6 Å². The van der Waals surface area contributed by atoms with Gasteiger partial charge in [0.05, 0.1) is 16.3 Å². The fraction of sp³-hybridized carbons (Fsp3) is 0.296. The lowest BCUT2D eigenvalue weighted by Gasteiger charge is -2.30. The number of nitrogens with one attached hydrogen (secondary N) is 1. The molecule has 0 aliphatic carbocycles. The number of hydrogen-bond acceptors (Lipinski definition) is 5. The van der Waals surface area contributed by atoms with Crippen molar-refractivity contribution in [2.75, 3.05) is 4.72 Å². The number of carboxylic acid groups (broad SMARTS) is 1. The largest absolute Gasteiger partial charge is 0.479 e. The Morgan fingerprint density at radius 3 is 2.25 bits per heavy atom. The van der Waals surface area contributed by atoms with E-state index in [1.807, 2.05) is 31.2 Å². The van der Waals surface area contributed by atoms with Gasteiger partial charge in [0.15, 0.2) is 17.6 Å². The van der Waals surface area contributed by atoms with Crippen LogP contribution in [0.15, 0.2) is 47.4 Å². The lowest BCUT2D eigenvalue weighted by atomic mass is 9.86. The summed E-state index contributed by atoms with van der Waals surface area (Å²) in [5, 5.41) is 10.4. The molecule has 9 heteroatoms. The van der Waals surface area contributed by atoms with Gasteiger partial charge < -0.3 is 14.6 Å². The Kier molecular flexibility index (Phi) is 6.58. The Morgan fingerprint density at radius 2 is 1.67 bits per heavy atom. The second kappa shape index (κ2) is 9.10. The number of aliphatic carboxylic acids is 1. The number of carbonyl (C=O) groups is 1. The van der Waals surface area contributed by atoms with E-state index < -0.39 is 27.7 Å². The minimum absolute atomic E-state index is 0.0104. The highest BCUT2D eigenvalue weighted by molar-refractivity contribution is 7.92. The molecule has 1 heterocycles. The molecule has 1 aliphatic rings. The van der Waals surface area contributed by atoms with E-state index in [9.17, 15) is 18.3 Å². The minimum atomic E-state index is -4.08. The van der Waals surface area contributed by atoms with Crippen LogP contribution in [0.4, 0.5) is 5.69 Å². The molecule has 7 nitrogen and oxygen atoms in total. The molecule has 0 fully saturated rings. The molecule has 0 unspecified atom stereocenters. The number of rotatable bonds is 4. The normalized spacial score (nSPS) is 15.1. The zero-order valence-corrected chi connectivity index (χ0v) is 22.5. The molecule has 3 aromatic carbocycles. The summed E-state index contributed by atoms with van der Waals surface area (Å²) in [6, 6.07) is 12.1. The smallest absolute Gasteiger partial charge is 0.337 e. The second-order valence-electron chi connectivity index (χ2n) is 9.83. The van der Waals surface area contributed by atoms with E-state index >= 15 is 0 Å². The Morgan fingerprint density at radius 1 is 1.03 bits per heavy atom. The first-order valence-electron chi connectivity index (χ1n) is 11.3. The van der Waals surface area contributed by atoms with Crippen molar-refractivity contribution in [1.82, 2.24) is 0 Å². The van der Waals surface area contributed by atoms with E-state index in [1.165, 1.54) is 12.1 Å². The van der Waals surface area contributed by atoms with Gasteiger partial charge in [-0.25, -0.2) is 13.2 Å². The number of carboxylic acids is 1. The van der Waals surface area contributed by atoms with Crippen LogP contribution in [0.25, 0.3) is 11.1 Å². The third kappa shape index (κ3) is 4.68. The van der Waals surface area contributed by atoms with Crippen LogP contribution in [0.5, 0.6) is 11.5 Å². The number of fused-ring (bicyclic) bond motifs is 2. The summed E-state index contributed by atoms with van der Waals surface area (Å²) in [6.45, 7) is 10.7. The summed E-state index contributed by atoms with van der Waals surface area (Å²) >= 11 is 6.36. The highest BCUT2D eigenvalue weighted by Crippen LogP contribution is 2.51. The molecule has 1 atom stereocenters. The van der Waals surface area contributed by atoms with Gasteiger partial charge in [0.1, 0.15) is 4.90 Å². The summed E-state index contributed by atoms with van der Waals surface area (Å²) in [5.74, 6) is -0.928. The Bertz CT molecular complexity index is 1470. The molecule has 0 saturated heterocycles. The van der Waals surface area contributed by atoms with Gasteiger partial charge in [-0.2, -0.15) is 0 Å². The van der Waals surface area contributed by atoms with Gasteiger partial charge in [0.25, 0.3) is 10.0 Å². The molecule has 0 aromatic heterocycles. The molecule has 1 aliphatic heterocycles. The summed E-state index contributed by atoms with van der Waals surface area (Å²) < 4.78 is 41.5. The molecule has 0 saturated carbocycles. The van der Waals surface area contributed by atoms with Crippen LogP contribution in [0.1, 0.15) is 49.1 Å². The predicted octanol–water partition coefficient (Wildman–Crippen LogP) is 6.78. The van der Waals surface area contributed by atoms with Gasteiger partial charge in [-0.05, 0) is 70.4 Å². The SMILES string of the molecule is Cc1ccc(-c2c(C)c3c(c(C)c2[C@H](OC(C)(C)C)C(=O)O)NS(=O)(=O)c2cccc(Cl)c2O3)cc1. The lowest BCUT2D eigenvalue weighted by Crippen LogP contribution is -2.28. The Labute approximate surface area is 216 Å². The average Bonchev–Trinajstić information content (AvgIpc) is 2.90. The third-order valence-corrected chi connectivity index (χ3v) is 7.62. The number of sulfonamides is 1. The molecule has 36 heavy (non-hydrogen) atoms. The van der Waals surface area contributed by atoms with Crippen LogP contribution < -0.4 is 9.46 Å². The maximum atomic E-state index is 13.3. The molecular formula is C27H28ClNO6S. The monoisotopic (exact) mass is 529 g/mol. The van der Waals surface area contributed by atoms with Gasteiger partial charge in [0.2, 0.25) is 0 Å². The lowest BCUT2D eigenvalue weighted by molar-refractivity contribution is -0.160. The fourth-order valence-corrected chi connectivity index (χ4v) is 5.89. The standard InChI is InChI=1S/C27H28ClNO6S/c1-14-10-12-17(13-11-14)20-16(3)23-22(15(2)21(20)25(26(30)31)35-27(4,5)6)29-36(32,33)19-9-7-8-18(28)24(19)34-23/h7-13,25,29H,1-6H3,(H,30,31)/t25-/m0/s1. The van der Waals surface area contributed by atoms with Crippen LogP contribution in [-0.4, -0.2) is 25.1 Å². The summed E-state index contributed by atoms with van der Waals surface area (Å²) in [4.78, 5) is 12.4. The van der Waals surface area contributed by atoms with Crippen molar-refractivity contribution < 1.29 is 27.8 Å². The first-order valence-corrected chi connectivity index (χ1v) is 13.2. The predicted molar refractivity (Wildman–Crippen MR) is 140 cm³/mol. The molecule has 2 N–H and O–H groups in total. The van der Waals surface area contributed by atoms with E-state index in [-0.39, 0.29) is 27.1 Å².